The number of nitrogens with one attached hydrogen (secondary N) is 2. The molecule has 15 heavy (non-hydrogen) atoms. The predicted octanol–water partition coefficient (Wildman–Crippen LogP) is 0.791. The van der Waals surface area contributed by atoms with E-state index < -0.39 is 0 Å². The number of quaternary nitrogens is 1. The van der Waals surface area contributed by atoms with Crippen LogP contribution in [0.5, 0.6) is 0 Å². The Labute approximate surface area is 91.3 Å². The van der Waals surface area contributed by atoms with Crippen LogP contribution in [0.15, 0.2) is 18.2 Å². The molecule has 0 spiro atoms. The molecular formula is C13H19N2+. The smallest absolute Gasteiger partial charge is 0.0859 e. The van der Waals surface area contributed by atoms with Crippen molar-refractivity contribution in [2.75, 3.05) is 25.5 Å². The lowest BCUT2D eigenvalue weighted by molar-refractivity contribution is -0.886. The van der Waals surface area contributed by atoms with Gasteiger partial charge in [-0.2, -0.15) is 0 Å². The Bertz CT molecular complexity index is 386. The topological polar surface area (TPSA) is 16.5 Å². The highest BCUT2D eigenvalue weighted by Gasteiger charge is 2.37. The van der Waals surface area contributed by atoms with E-state index in [4.69, 9.17) is 0 Å². The lowest BCUT2D eigenvalue weighted by Gasteiger charge is -2.29. The van der Waals surface area contributed by atoms with Crippen LogP contribution >= 0.6 is 0 Å². The van der Waals surface area contributed by atoms with Crippen molar-refractivity contribution in [2.24, 2.45) is 0 Å². The summed E-state index contributed by atoms with van der Waals surface area (Å²) in [5, 5.41) is 3.67. The highest BCUT2D eigenvalue weighted by molar-refractivity contribution is 5.60. The summed E-state index contributed by atoms with van der Waals surface area (Å²) in [6, 6.07) is 7.52. The van der Waals surface area contributed by atoms with E-state index in [-0.39, 0.29) is 0 Å². The van der Waals surface area contributed by atoms with Gasteiger partial charge < -0.3 is 10.2 Å². The van der Waals surface area contributed by atoms with E-state index in [1.54, 1.807) is 10.5 Å². The molecule has 0 aliphatic carbocycles. The van der Waals surface area contributed by atoms with Crippen molar-refractivity contribution in [3.8, 4) is 0 Å². The molecule has 0 aromatic heterocycles. The van der Waals surface area contributed by atoms with Gasteiger partial charge in [-0.3, -0.25) is 0 Å². The number of hydrogen-bond acceptors (Lipinski definition) is 1. The van der Waals surface area contributed by atoms with Crippen molar-refractivity contribution < 1.29 is 4.90 Å². The fourth-order valence-corrected chi connectivity index (χ4v) is 3.04. The molecule has 1 saturated heterocycles. The number of anilines is 1. The minimum Gasteiger partial charge on any atom is -0.381 e. The zero-order chi connectivity index (χ0) is 10.4. The third kappa shape index (κ3) is 1.44. The fourth-order valence-electron chi connectivity index (χ4n) is 3.04. The van der Waals surface area contributed by atoms with Crippen molar-refractivity contribution in [3.05, 3.63) is 29.3 Å². The minimum absolute atomic E-state index is 0.700. The molecule has 1 fully saturated rings. The summed E-state index contributed by atoms with van der Waals surface area (Å²) < 4.78 is 0. The number of aryl methyl sites for hydroxylation is 1. The predicted molar refractivity (Wildman–Crippen MR) is 62.6 cm³/mol. The highest BCUT2D eigenvalue weighted by atomic mass is 15.1. The van der Waals surface area contributed by atoms with Crippen molar-refractivity contribution in [2.45, 2.75) is 25.3 Å². The number of piperidine rings is 1. The van der Waals surface area contributed by atoms with Gasteiger partial charge in [-0.25, -0.2) is 0 Å². The second-order valence-electron chi connectivity index (χ2n) is 5.15. The lowest BCUT2D eigenvalue weighted by atomic mass is 9.89. The summed E-state index contributed by atoms with van der Waals surface area (Å²) in [7, 11) is 2.31. The van der Waals surface area contributed by atoms with Crippen molar-refractivity contribution in [3.63, 3.8) is 0 Å². The fraction of sp³-hybridized carbons (Fsp3) is 0.538. The third-order valence-electron chi connectivity index (χ3n) is 3.88. The second kappa shape index (κ2) is 3.24. The Balaban J connectivity index is 1.98. The van der Waals surface area contributed by atoms with Gasteiger partial charge in [0.15, 0.2) is 0 Å². The van der Waals surface area contributed by atoms with E-state index in [2.05, 4.69) is 37.5 Å². The van der Waals surface area contributed by atoms with Crippen LogP contribution in [0.25, 0.3) is 0 Å². The maximum atomic E-state index is 3.67. The molecule has 2 heterocycles. The SMILES string of the molecule is Cc1ccc2c(c1)C1C[NH+](C)CCC1N2. The average Bonchev–Trinajstić information content (AvgIpc) is 2.56. The first-order chi connectivity index (χ1) is 7.24. The third-order valence-corrected chi connectivity index (χ3v) is 3.88. The number of likely N-dealkylation sites (tertiary alicyclic amines) is 1. The second-order valence-corrected chi connectivity index (χ2v) is 5.15. The van der Waals surface area contributed by atoms with Crippen LogP contribution < -0.4 is 10.2 Å². The number of rotatable bonds is 0. The number of benzene rings is 1. The van der Waals surface area contributed by atoms with Crippen LogP contribution in [0.2, 0.25) is 0 Å². The molecule has 0 radical (unpaired) electrons. The monoisotopic (exact) mass is 203 g/mol. The normalized spacial score (nSPS) is 33.1. The summed E-state index contributed by atoms with van der Waals surface area (Å²) >= 11 is 0. The standard InChI is InChI=1S/C13H18N2/c1-9-3-4-12-10(7-9)11-8-15(2)6-5-13(11)14-12/h3-4,7,11,13-14H,5-6,8H2,1-2H3/p+1. The number of likely N-dealkylation sites (N-methyl/N-ethyl adjacent to an activating group) is 1. The van der Waals surface area contributed by atoms with Crippen LogP contribution in [-0.4, -0.2) is 26.2 Å². The molecule has 0 bridgehead atoms. The van der Waals surface area contributed by atoms with Gasteiger partial charge in [-0.1, -0.05) is 17.7 Å². The van der Waals surface area contributed by atoms with Gasteiger partial charge in [0, 0.05) is 18.2 Å². The number of hydrogen-bond donors (Lipinski definition) is 2. The van der Waals surface area contributed by atoms with E-state index >= 15 is 0 Å². The Hall–Kier alpha value is -1.02. The van der Waals surface area contributed by atoms with Gasteiger partial charge in [0.25, 0.3) is 0 Å². The Morgan fingerprint density at radius 3 is 3.13 bits per heavy atom. The van der Waals surface area contributed by atoms with Crippen molar-refractivity contribution in [1.82, 2.24) is 0 Å². The Kier molecular flexibility index (Phi) is 1.99. The van der Waals surface area contributed by atoms with Crippen LogP contribution in [-0.2, 0) is 0 Å². The molecule has 2 nitrogen and oxygen atoms in total. The van der Waals surface area contributed by atoms with E-state index in [0.29, 0.717) is 6.04 Å². The van der Waals surface area contributed by atoms with Crippen LogP contribution in [0.1, 0.15) is 23.5 Å². The summed E-state index contributed by atoms with van der Waals surface area (Å²) in [6.45, 7) is 4.78. The van der Waals surface area contributed by atoms with Gasteiger partial charge in [0.05, 0.1) is 26.1 Å². The zero-order valence-corrected chi connectivity index (χ0v) is 9.51. The first-order valence-electron chi connectivity index (χ1n) is 5.92. The molecule has 2 aliphatic heterocycles. The first kappa shape index (κ1) is 9.22. The molecule has 0 saturated carbocycles. The molecule has 3 rings (SSSR count). The largest absolute Gasteiger partial charge is 0.381 e. The lowest BCUT2D eigenvalue weighted by Crippen LogP contribution is -3.11. The molecule has 1 aromatic rings. The molecule has 3 atom stereocenters. The first-order valence-corrected chi connectivity index (χ1v) is 5.92. The molecule has 3 unspecified atom stereocenters. The Morgan fingerprint density at radius 2 is 2.27 bits per heavy atom. The van der Waals surface area contributed by atoms with Crippen molar-refractivity contribution >= 4 is 5.69 Å². The van der Waals surface area contributed by atoms with Crippen LogP contribution in [0.4, 0.5) is 5.69 Å². The van der Waals surface area contributed by atoms with Gasteiger partial charge in [-0.15, -0.1) is 0 Å². The summed E-state index contributed by atoms with van der Waals surface area (Å²) in [4.78, 5) is 1.67. The summed E-state index contributed by atoms with van der Waals surface area (Å²) in [6.07, 6.45) is 1.31. The van der Waals surface area contributed by atoms with Gasteiger partial charge in [-0.05, 0) is 18.6 Å². The quantitative estimate of drug-likeness (QED) is 0.637. The average molecular weight is 203 g/mol. The van der Waals surface area contributed by atoms with Crippen molar-refractivity contribution in [1.29, 1.82) is 0 Å². The molecule has 80 valence electrons. The van der Waals surface area contributed by atoms with Crippen LogP contribution in [0, 0.1) is 6.92 Å². The van der Waals surface area contributed by atoms with E-state index in [1.165, 1.54) is 30.8 Å². The Morgan fingerprint density at radius 1 is 1.40 bits per heavy atom. The molecule has 0 amide bonds. The van der Waals surface area contributed by atoms with Gasteiger partial charge >= 0.3 is 0 Å². The summed E-state index contributed by atoms with van der Waals surface area (Å²) in [5.74, 6) is 0.744. The summed E-state index contributed by atoms with van der Waals surface area (Å²) in [5.41, 5.74) is 4.32. The van der Waals surface area contributed by atoms with E-state index in [9.17, 15) is 0 Å². The molecule has 2 aliphatic rings. The maximum Gasteiger partial charge on any atom is 0.0859 e. The van der Waals surface area contributed by atoms with Gasteiger partial charge in [0.2, 0.25) is 0 Å². The highest BCUT2D eigenvalue weighted by Crippen LogP contribution is 2.37. The van der Waals surface area contributed by atoms with Gasteiger partial charge in [0.1, 0.15) is 0 Å². The molecular weight excluding hydrogens is 184 g/mol. The molecule has 2 N–H and O–H groups in total. The zero-order valence-electron chi connectivity index (χ0n) is 9.51. The number of fused-ring (bicyclic) bond motifs is 3. The van der Waals surface area contributed by atoms with E-state index in [0.717, 1.165) is 5.92 Å². The van der Waals surface area contributed by atoms with E-state index in [1.807, 2.05) is 0 Å². The molecule has 1 aromatic carbocycles. The molecule has 2 heteroatoms. The minimum atomic E-state index is 0.700. The maximum absolute atomic E-state index is 3.67. The van der Waals surface area contributed by atoms with Crippen LogP contribution in [0.3, 0.4) is 0 Å².